The molecule has 1 N–H and O–H groups in total. The lowest BCUT2D eigenvalue weighted by atomic mass is 10.2. The van der Waals surface area contributed by atoms with Gasteiger partial charge in [0.05, 0.1) is 28.1 Å². The summed E-state index contributed by atoms with van der Waals surface area (Å²) in [5.74, 6) is -0.447. The zero-order chi connectivity index (χ0) is 22.3. The van der Waals surface area contributed by atoms with E-state index in [0.717, 1.165) is 16.5 Å². The van der Waals surface area contributed by atoms with Gasteiger partial charge in [0.15, 0.2) is 0 Å². The molecule has 3 aromatic carbocycles. The minimum atomic E-state index is -3.93. The number of fused-ring (bicyclic) bond motifs is 2. The third-order valence-corrected chi connectivity index (χ3v) is 7.75. The van der Waals surface area contributed by atoms with Gasteiger partial charge in [0.2, 0.25) is 0 Å². The van der Waals surface area contributed by atoms with Crippen molar-refractivity contribution in [3.05, 3.63) is 95.1 Å². The van der Waals surface area contributed by atoms with Crippen LogP contribution in [0.4, 0.5) is 11.4 Å². The number of nitrogens with one attached hydrogen (secondary N) is 1. The molecular formula is C24H18ClN3O3S. The number of halogens is 1. The molecule has 0 radical (unpaired) electrons. The second-order valence-corrected chi connectivity index (χ2v) is 9.71. The molecule has 1 aromatic heterocycles. The summed E-state index contributed by atoms with van der Waals surface area (Å²) in [5.41, 5.74) is 3.12. The van der Waals surface area contributed by atoms with Crippen molar-refractivity contribution in [3.63, 3.8) is 0 Å². The standard InChI is InChI=1S/C24H18ClN3O3S/c25-20-10-9-18(24(29)27-19-13-17-6-1-3-7-21(17)26-15-19)14-23(20)32(30,31)28-12-11-16-5-2-4-8-22(16)28/h1-10,13-15H,11-12H2,(H,27,29). The molecule has 0 fully saturated rings. The number of amides is 1. The largest absolute Gasteiger partial charge is 0.321 e. The number of pyridine rings is 1. The molecule has 0 spiro atoms. The average Bonchev–Trinajstić information content (AvgIpc) is 3.24. The van der Waals surface area contributed by atoms with Crippen molar-refractivity contribution in [2.24, 2.45) is 0 Å². The van der Waals surface area contributed by atoms with Crippen molar-refractivity contribution in [3.8, 4) is 0 Å². The fourth-order valence-electron chi connectivity index (χ4n) is 3.86. The molecule has 0 bridgehead atoms. The number of anilines is 2. The third-order valence-electron chi connectivity index (χ3n) is 5.45. The third kappa shape index (κ3) is 3.59. The van der Waals surface area contributed by atoms with Crippen LogP contribution in [-0.2, 0) is 16.4 Å². The second kappa shape index (κ2) is 7.93. The summed E-state index contributed by atoms with van der Waals surface area (Å²) in [4.78, 5) is 17.1. The lowest BCUT2D eigenvalue weighted by Crippen LogP contribution is -2.29. The van der Waals surface area contributed by atoms with Gasteiger partial charge in [-0.05, 0) is 48.4 Å². The Kier molecular flexibility index (Phi) is 5.07. The van der Waals surface area contributed by atoms with Crippen molar-refractivity contribution < 1.29 is 13.2 Å². The number of benzene rings is 3. The number of nitrogens with zero attached hydrogens (tertiary/aromatic N) is 2. The Morgan fingerprint density at radius 3 is 2.66 bits per heavy atom. The van der Waals surface area contributed by atoms with E-state index in [2.05, 4.69) is 10.3 Å². The summed E-state index contributed by atoms with van der Waals surface area (Å²) in [5, 5.41) is 3.74. The van der Waals surface area contributed by atoms with Crippen LogP contribution in [0.3, 0.4) is 0 Å². The summed E-state index contributed by atoms with van der Waals surface area (Å²) in [6, 6.07) is 21.0. The number of carbonyl (C=O) groups excluding carboxylic acids is 1. The molecule has 0 unspecified atom stereocenters. The Hall–Kier alpha value is -3.42. The molecule has 5 rings (SSSR count). The first-order valence-corrected chi connectivity index (χ1v) is 11.8. The van der Waals surface area contributed by atoms with Gasteiger partial charge in [0, 0.05) is 17.5 Å². The molecule has 2 heterocycles. The zero-order valence-electron chi connectivity index (χ0n) is 16.8. The monoisotopic (exact) mass is 463 g/mol. The minimum absolute atomic E-state index is 0.0679. The zero-order valence-corrected chi connectivity index (χ0v) is 18.4. The van der Waals surface area contributed by atoms with Gasteiger partial charge in [-0.1, -0.05) is 48.0 Å². The van der Waals surface area contributed by atoms with Crippen LogP contribution in [0.2, 0.25) is 5.02 Å². The van der Waals surface area contributed by atoms with Crippen LogP contribution in [-0.4, -0.2) is 25.9 Å². The fraction of sp³-hybridized carbons (Fsp3) is 0.0833. The molecule has 0 saturated carbocycles. The van der Waals surface area contributed by atoms with Crippen LogP contribution in [0.5, 0.6) is 0 Å². The van der Waals surface area contributed by atoms with Crippen molar-refractivity contribution in [1.82, 2.24) is 4.98 Å². The van der Waals surface area contributed by atoms with Gasteiger partial charge >= 0.3 is 0 Å². The van der Waals surface area contributed by atoms with E-state index >= 15 is 0 Å². The molecule has 8 heteroatoms. The summed E-state index contributed by atoms with van der Waals surface area (Å²) < 4.78 is 28.1. The van der Waals surface area contributed by atoms with Crippen LogP contribution >= 0.6 is 11.6 Å². The van der Waals surface area contributed by atoms with Crippen LogP contribution in [0.1, 0.15) is 15.9 Å². The molecule has 160 valence electrons. The number of sulfonamides is 1. The molecule has 0 saturated heterocycles. The summed E-state index contributed by atoms with van der Waals surface area (Å²) in [6.45, 7) is 0.331. The van der Waals surface area contributed by atoms with E-state index in [4.69, 9.17) is 11.6 Å². The number of carbonyl (C=O) groups is 1. The highest BCUT2D eigenvalue weighted by molar-refractivity contribution is 7.93. The highest BCUT2D eigenvalue weighted by atomic mass is 35.5. The summed E-state index contributed by atoms with van der Waals surface area (Å²) in [7, 11) is -3.93. The molecule has 4 aromatic rings. The first-order chi connectivity index (χ1) is 15.4. The maximum atomic E-state index is 13.4. The fourth-order valence-corrected chi connectivity index (χ4v) is 5.87. The Bertz CT molecular complexity index is 1470. The predicted molar refractivity (Wildman–Crippen MR) is 126 cm³/mol. The van der Waals surface area contributed by atoms with E-state index in [1.165, 1.54) is 22.5 Å². The van der Waals surface area contributed by atoms with Gasteiger partial charge in [-0.2, -0.15) is 0 Å². The number of rotatable bonds is 4. The van der Waals surface area contributed by atoms with E-state index in [9.17, 15) is 13.2 Å². The Morgan fingerprint density at radius 1 is 1.00 bits per heavy atom. The number of aromatic nitrogens is 1. The number of hydrogen-bond donors (Lipinski definition) is 1. The van der Waals surface area contributed by atoms with Crippen LogP contribution in [0, 0.1) is 0 Å². The quantitative estimate of drug-likeness (QED) is 0.467. The molecule has 1 aliphatic rings. The first kappa shape index (κ1) is 20.5. The highest BCUT2D eigenvalue weighted by Crippen LogP contribution is 2.35. The lowest BCUT2D eigenvalue weighted by Gasteiger charge is -2.20. The van der Waals surface area contributed by atoms with Crippen LogP contribution in [0.25, 0.3) is 10.9 Å². The SMILES string of the molecule is O=C(Nc1cnc2ccccc2c1)c1ccc(Cl)c(S(=O)(=O)N2CCc3ccccc32)c1. The van der Waals surface area contributed by atoms with Gasteiger partial charge in [0.25, 0.3) is 15.9 Å². The lowest BCUT2D eigenvalue weighted by molar-refractivity contribution is 0.102. The summed E-state index contributed by atoms with van der Waals surface area (Å²) in [6.07, 6.45) is 2.19. The van der Waals surface area contributed by atoms with Gasteiger partial charge in [-0.25, -0.2) is 8.42 Å². The second-order valence-electron chi connectivity index (χ2n) is 7.47. The van der Waals surface area contributed by atoms with Crippen LogP contribution < -0.4 is 9.62 Å². The molecule has 6 nitrogen and oxygen atoms in total. The maximum absolute atomic E-state index is 13.4. The maximum Gasteiger partial charge on any atom is 0.265 e. The van der Waals surface area contributed by atoms with Crippen molar-refractivity contribution >= 4 is 49.8 Å². The highest BCUT2D eigenvalue weighted by Gasteiger charge is 2.32. The first-order valence-electron chi connectivity index (χ1n) is 10.00. The van der Waals surface area contributed by atoms with E-state index in [1.54, 1.807) is 18.3 Å². The van der Waals surface area contributed by atoms with E-state index in [0.29, 0.717) is 24.3 Å². The normalized spacial score (nSPS) is 13.2. The van der Waals surface area contributed by atoms with Gasteiger partial charge in [0.1, 0.15) is 4.90 Å². The molecular weight excluding hydrogens is 446 g/mol. The summed E-state index contributed by atoms with van der Waals surface area (Å²) >= 11 is 6.27. The Labute approximate surface area is 190 Å². The van der Waals surface area contributed by atoms with E-state index < -0.39 is 15.9 Å². The van der Waals surface area contributed by atoms with Crippen molar-refractivity contribution in [2.75, 3.05) is 16.2 Å². The molecule has 32 heavy (non-hydrogen) atoms. The molecule has 1 aliphatic heterocycles. The average molecular weight is 464 g/mol. The Balaban J connectivity index is 1.46. The van der Waals surface area contributed by atoms with Crippen molar-refractivity contribution in [2.45, 2.75) is 11.3 Å². The number of para-hydroxylation sites is 2. The Morgan fingerprint density at radius 2 is 1.78 bits per heavy atom. The molecule has 1 amide bonds. The van der Waals surface area contributed by atoms with Crippen molar-refractivity contribution in [1.29, 1.82) is 0 Å². The molecule has 0 aliphatic carbocycles. The topological polar surface area (TPSA) is 79.4 Å². The smallest absolute Gasteiger partial charge is 0.265 e. The van der Waals surface area contributed by atoms with Gasteiger partial charge in [-0.3, -0.25) is 14.1 Å². The van der Waals surface area contributed by atoms with Gasteiger partial charge < -0.3 is 5.32 Å². The van der Waals surface area contributed by atoms with E-state index in [-0.39, 0.29) is 15.5 Å². The van der Waals surface area contributed by atoms with Gasteiger partial charge in [-0.15, -0.1) is 0 Å². The minimum Gasteiger partial charge on any atom is -0.321 e. The number of hydrogen-bond acceptors (Lipinski definition) is 4. The predicted octanol–water partition coefficient (Wildman–Crippen LogP) is 4.89. The molecule has 0 atom stereocenters. The van der Waals surface area contributed by atoms with Crippen LogP contribution in [0.15, 0.2) is 83.9 Å². The van der Waals surface area contributed by atoms with E-state index in [1.807, 2.05) is 42.5 Å².